The van der Waals surface area contributed by atoms with Crippen LogP contribution in [-0.2, 0) is 0 Å². The van der Waals surface area contributed by atoms with Gasteiger partial charge in [-0.05, 0) is 13.0 Å². The average molecular weight is 233 g/mol. The lowest BCUT2D eigenvalue weighted by Crippen LogP contribution is -1.93. The molecule has 11 heavy (non-hydrogen) atoms. The Morgan fingerprint density at radius 3 is 0.909 bits per heavy atom. The van der Waals surface area contributed by atoms with E-state index < -0.39 is 0 Å². The molecular weight excluding hydrogens is 204 g/mol. The summed E-state index contributed by atoms with van der Waals surface area (Å²) in [7, 11) is 0. The molecule has 0 saturated heterocycles. The van der Waals surface area contributed by atoms with Gasteiger partial charge in [0.15, 0.2) is 0 Å². The minimum atomic E-state index is 0. The molecule has 2 N–H and O–H groups in total. The van der Waals surface area contributed by atoms with Crippen LogP contribution in [0.15, 0.2) is 0 Å². The van der Waals surface area contributed by atoms with Gasteiger partial charge in [0.05, 0.1) is 0 Å². The highest BCUT2D eigenvalue weighted by Crippen LogP contribution is 1.57. The Kier molecular flexibility index (Phi) is 1120. The van der Waals surface area contributed by atoms with Gasteiger partial charge >= 0.3 is 0 Å². The molecule has 4 heteroatoms. The number of hydrogen-bond acceptors (Lipinski definition) is 1. The molecule has 0 aromatic heterocycles. The van der Waals surface area contributed by atoms with Crippen LogP contribution in [0.5, 0.6) is 0 Å². The van der Waals surface area contributed by atoms with Crippen molar-refractivity contribution in [3.8, 4) is 0 Å². The third-order valence-electron chi connectivity index (χ3n) is 0.289. The maximum Gasteiger partial charge on any atom is -0.00799 e. The fraction of sp³-hybridized carbons (Fsp3) is 1.00. The monoisotopic (exact) mass is 231 g/mol. The van der Waals surface area contributed by atoms with Gasteiger partial charge in [0.1, 0.15) is 0 Å². The SMILES string of the molecule is C.C.C.C.CCCN.Cl.Cl.Cl. The minimum Gasteiger partial charge on any atom is -0.330 e. The summed E-state index contributed by atoms with van der Waals surface area (Å²) in [6, 6.07) is 0. The van der Waals surface area contributed by atoms with Crippen LogP contribution in [0.2, 0.25) is 0 Å². The van der Waals surface area contributed by atoms with Crippen molar-refractivity contribution in [1.82, 2.24) is 0 Å². The molecule has 0 radical (unpaired) electrons. The first-order valence-corrected chi connectivity index (χ1v) is 1.62. The van der Waals surface area contributed by atoms with Gasteiger partial charge in [-0.2, -0.15) is 0 Å². The first-order chi connectivity index (χ1) is 1.91. The van der Waals surface area contributed by atoms with Crippen molar-refractivity contribution >= 4 is 37.2 Å². The van der Waals surface area contributed by atoms with Gasteiger partial charge in [0.2, 0.25) is 0 Å². The van der Waals surface area contributed by atoms with Crippen LogP contribution in [0.4, 0.5) is 0 Å². The van der Waals surface area contributed by atoms with Crippen molar-refractivity contribution in [2.75, 3.05) is 6.54 Å². The van der Waals surface area contributed by atoms with E-state index in [0.717, 1.165) is 13.0 Å². The standard InChI is InChI=1S/C3H9N.4CH4.3ClH/c1-2-3-4;;;;;;;/h2-4H2,1H3;4*1H4;3*1H. The summed E-state index contributed by atoms with van der Waals surface area (Å²) in [6.07, 6.45) is 1.10. The van der Waals surface area contributed by atoms with Crippen molar-refractivity contribution < 1.29 is 0 Å². The van der Waals surface area contributed by atoms with E-state index in [-0.39, 0.29) is 66.9 Å². The average Bonchev–Trinajstić information content (AvgIpc) is 1.37. The number of nitrogens with two attached hydrogens (primary N) is 1. The second-order valence-corrected chi connectivity index (χ2v) is 0.789. The Hall–Kier alpha value is 0.830. The molecule has 0 saturated carbocycles. The van der Waals surface area contributed by atoms with E-state index in [4.69, 9.17) is 5.73 Å². The van der Waals surface area contributed by atoms with E-state index in [9.17, 15) is 0 Å². The van der Waals surface area contributed by atoms with Crippen molar-refractivity contribution in [1.29, 1.82) is 0 Å². The zero-order chi connectivity index (χ0) is 3.41. The zero-order valence-corrected chi connectivity index (χ0v) is 6.67. The molecule has 0 atom stereocenters. The molecule has 0 rings (SSSR count). The lowest BCUT2D eigenvalue weighted by atomic mass is 10.5. The summed E-state index contributed by atoms with van der Waals surface area (Å²) in [5, 5.41) is 0. The van der Waals surface area contributed by atoms with Gasteiger partial charge < -0.3 is 5.73 Å². The van der Waals surface area contributed by atoms with Crippen molar-refractivity contribution in [2.45, 2.75) is 43.1 Å². The Labute approximate surface area is 92.8 Å². The summed E-state index contributed by atoms with van der Waals surface area (Å²) in [6.45, 7) is 2.88. The minimum absolute atomic E-state index is 0. The fourth-order valence-electron chi connectivity index (χ4n) is 0. The number of hydrogen-bond donors (Lipinski definition) is 1. The number of rotatable bonds is 1. The van der Waals surface area contributed by atoms with E-state index in [2.05, 4.69) is 6.92 Å². The van der Waals surface area contributed by atoms with E-state index in [0.29, 0.717) is 0 Å². The summed E-state index contributed by atoms with van der Waals surface area (Å²) >= 11 is 0. The smallest absolute Gasteiger partial charge is 0.00799 e. The summed E-state index contributed by atoms with van der Waals surface area (Å²) in [4.78, 5) is 0. The van der Waals surface area contributed by atoms with Crippen LogP contribution in [0.1, 0.15) is 43.1 Å². The van der Waals surface area contributed by atoms with Gasteiger partial charge in [-0.3, -0.25) is 0 Å². The summed E-state index contributed by atoms with van der Waals surface area (Å²) in [5.74, 6) is 0. The highest BCUT2D eigenvalue weighted by molar-refractivity contribution is 5.86. The van der Waals surface area contributed by atoms with Gasteiger partial charge in [0.25, 0.3) is 0 Å². The third-order valence-corrected chi connectivity index (χ3v) is 0.289. The van der Waals surface area contributed by atoms with E-state index in [1.54, 1.807) is 0 Å². The maximum atomic E-state index is 5.03. The van der Waals surface area contributed by atoms with Gasteiger partial charge in [-0.25, -0.2) is 0 Å². The molecule has 0 aliphatic rings. The Morgan fingerprint density at radius 2 is 0.909 bits per heavy atom. The first-order valence-electron chi connectivity index (χ1n) is 1.62. The molecule has 0 unspecified atom stereocenters. The fourth-order valence-corrected chi connectivity index (χ4v) is 0. The molecule has 0 aliphatic heterocycles. The third kappa shape index (κ3) is 252. The van der Waals surface area contributed by atoms with E-state index in [1.807, 2.05) is 0 Å². The van der Waals surface area contributed by atoms with Gasteiger partial charge in [-0.15, -0.1) is 37.2 Å². The lowest BCUT2D eigenvalue weighted by molar-refractivity contribution is 0.932. The molecule has 0 fully saturated rings. The molecule has 1 nitrogen and oxygen atoms in total. The maximum absolute atomic E-state index is 5.03. The second-order valence-electron chi connectivity index (χ2n) is 0.789. The normalized spacial score (nSPS) is 2.73. The van der Waals surface area contributed by atoms with Crippen molar-refractivity contribution in [3.05, 3.63) is 0 Å². The van der Waals surface area contributed by atoms with Crippen LogP contribution in [0.3, 0.4) is 0 Å². The molecule has 82 valence electrons. The van der Waals surface area contributed by atoms with Crippen molar-refractivity contribution in [2.24, 2.45) is 5.73 Å². The van der Waals surface area contributed by atoms with Gasteiger partial charge in [-0.1, -0.05) is 36.6 Å². The molecule has 0 bridgehead atoms. The predicted octanol–water partition coefficient (Wildman–Crippen LogP) is 4.16. The van der Waals surface area contributed by atoms with Gasteiger partial charge in [0, 0.05) is 0 Å². The topological polar surface area (TPSA) is 26.0 Å². The molecular formula is C7H28Cl3N. The number of halogens is 3. The second kappa shape index (κ2) is 131. The first kappa shape index (κ1) is 94.6. The van der Waals surface area contributed by atoms with Crippen LogP contribution < -0.4 is 5.73 Å². The molecule has 0 spiro atoms. The molecule has 0 aromatic rings. The zero-order valence-electron chi connectivity index (χ0n) is 4.22. The molecule has 0 aliphatic carbocycles. The predicted molar refractivity (Wildman–Crippen MR) is 68.0 cm³/mol. The highest BCUT2D eigenvalue weighted by Gasteiger charge is 1.55. The quantitative estimate of drug-likeness (QED) is 0.722. The van der Waals surface area contributed by atoms with Crippen LogP contribution in [-0.4, -0.2) is 6.54 Å². The molecule has 0 aromatic carbocycles. The lowest BCUT2D eigenvalue weighted by Gasteiger charge is -1.70. The Balaban J connectivity index is -0.00000000214. The summed E-state index contributed by atoms with van der Waals surface area (Å²) < 4.78 is 0. The molecule has 0 heterocycles. The Morgan fingerprint density at radius 1 is 0.818 bits per heavy atom. The Bertz CT molecular complexity index is 15.6. The van der Waals surface area contributed by atoms with E-state index in [1.165, 1.54) is 0 Å². The molecule has 0 amide bonds. The van der Waals surface area contributed by atoms with Crippen LogP contribution in [0.25, 0.3) is 0 Å². The largest absolute Gasteiger partial charge is 0.330 e. The van der Waals surface area contributed by atoms with Crippen molar-refractivity contribution in [3.63, 3.8) is 0 Å². The highest BCUT2D eigenvalue weighted by atomic mass is 35.5. The summed E-state index contributed by atoms with van der Waals surface area (Å²) in [5.41, 5.74) is 5.03. The van der Waals surface area contributed by atoms with Crippen LogP contribution >= 0.6 is 37.2 Å². The van der Waals surface area contributed by atoms with E-state index >= 15 is 0 Å². The van der Waals surface area contributed by atoms with Crippen LogP contribution in [0, 0.1) is 0 Å².